The molecule has 104 valence electrons. The number of hydrogen-bond acceptors (Lipinski definition) is 1. The molecule has 20 heavy (non-hydrogen) atoms. The van der Waals surface area contributed by atoms with Crippen LogP contribution in [-0.2, 0) is 6.42 Å². The fourth-order valence-electron chi connectivity index (χ4n) is 2.59. The van der Waals surface area contributed by atoms with Crippen molar-refractivity contribution in [3.05, 3.63) is 60.2 Å². The summed E-state index contributed by atoms with van der Waals surface area (Å²) in [5.74, 6) is 0.707. The molecule has 2 aromatic carbocycles. The standard InChI is InChI=1S/C19H23N/c1-15(14-20-19-11-12-19)13-16-7-9-18(10-8-16)17-5-3-2-4-6-17/h2-10,15,19-20H,11-14H2,1H3. The van der Waals surface area contributed by atoms with E-state index >= 15 is 0 Å². The molecule has 0 saturated heterocycles. The molecule has 0 radical (unpaired) electrons. The SMILES string of the molecule is CC(CNC1CC1)Cc1ccc(-c2ccccc2)cc1. The fourth-order valence-corrected chi connectivity index (χ4v) is 2.59. The molecule has 1 heteroatoms. The Labute approximate surface area is 122 Å². The molecule has 3 rings (SSSR count). The lowest BCUT2D eigenvalue weighted by atomic mass is 9.98. The van der Waals surface area contributed by atoms with E-state index in [1.165, 1.54) is 29.5 Å². The molecule has 1 nitrogen and oxygen atoms in total. The predicted octanol–water partition coefficient (Wildman–Crippen LogP) is 4.28. The smallest absolute Gasteiger partial charge is 0.00683 e. The minimum atomic E-state index is 0.707. The Kier molecular flexibility index (Phi) is 4.17. The van der Waals surface area contributed by atoms with Gasteiger partial charge in [0.2, 0.25) is 0 Å². The number of hydrogen-bond donors (Lipinski definition) is 1. The summed E-state index contributed by atoms with van der Waals surface area (Å²) in [6.45, 7) is 3.48. The summed E-state index contributed by atoms with van der Waals surface area (Å²) in [6.07, 6.45) is 3.91. The van der Waals surface area contributed by atoms with Crippen molar-refractivity contribution in [3.8, 4) is 11.1 Å². The Morgan fingerprint density at radius 1 is 0.950 bits per heavy atom. The number of rotatable bonds is 6. The Morgan fingerprint density at radius 3 is 2.25 bits per heavy atom. The van der Waals surface area contributed by atoms with Crippen LogP contribution in [-0.4, -0.2) is 12.6 Å². The second kappa shape index (κ2) is 6.23. The Bertz CT molecular complexity index is 525. The topological polar surface area (TPSA) is 12.0 Å². The molecule has 2 aromatic rings. The van der Waals surface area contributed by atoms with Crippen LogP contribution in [0.4, 0.5) is 0 Å². The van der Waals surface area contributed by atoms with Gasteiger partial charge in [-0.1, -0.05) is 61.5 Å². The zero-order valence-electron chi connectivity index (χ0n) is 12.2. The van der Waals surface area contributed by atoms with E-state index < -0.39 is 0 Å². The minimum Gasteiger partial charge on any atom is -0.314 e. The quantitative estimate of drug-likeness (QED) is 0.822. The van der Waals surface area contributed by atoms with Gasteiger partial charge in [0.05, 0.1) is 0 Å². The van der Waals surface area contributed by atoms with Crippen molar-refractivity contribution in [2.75, 3.05) is 6.54 Å². The summed E-state index contributed by atoms with van der Waals surface area (Å²) in [5, 5.41) is 3.61. The summed E-state index contributed by atoms with van der Waals surface area (Å²) in [6, 6.07) is 20.4. The summed E-state index contributed by atoms with van der Waals surface area (Å²) in [7, 11) is 0. The van der Waals surface area contributed by atoms with Gasteiger partial charge in [-0.2, -0.15) is 0 Å². The van der Waals surface area contributed by atoms with Gasteiger partial charge in [-0.15, -0.1) is 0 Å². The predicted molar refractivity (Wildman–Crippen MR) is 85.8 cm³/mol. The Balaban J connectivity index is 1.58. The summed E-state index contributed by atoms with van der Waals surface area (Å²) in [4.78, 5) is 0. The largest absolute Gasteiger partial charge is 0.314 e. The van der Waals surface area contributed by atoms with Crippen LogP contribution in [0.15, 0.2) is 54.6 Å². The highest BCUT2D eigenvalue weighted by Crippen LogP contribution is 2.21. The molecule has 1 unspecified atom stereocenters. The second-order valence-electron chi connectivity index (χ2n) is 6.05. The number of nitrogens with one attached hydrogen (secondary N) is 1. The van der Waals surface area contributed by atoms with Gasteiger partial charge in [0, 0.05) is 6.04 Å². The van der Waals surface area contributed by atoms with Crippen LogP contribution in [0.2, 0.25) is 0 Å². The van der Waals surface area contributed by atoms with Gasteiger partial charge in [-0.25, -0.2) is 0 Å². The zero-order chi connectivity index (χ0) is 13.8. The summed E-state index contributed by atoms with van der Waals surface area (Å²) >= 11 is 0. The lowest BCUT2D eigenvalue weighted by molar-refractivity contribution is 0.509. The van der Waals surface area contributed by atoms with Gasteiger partial charge in [0.25, 0.3) is 0 Å². The van der Waals surface area contributed by atoms with Crippen LogP contribution in [0.1, 0.15) is 25.3 Å². The molecule has 1 N–H and O–H groups in total. The molecule has 1 aliphatic carbocycles. The highest BCUT2D eigenvalue weighted by molar-refractivity contribution is 5.63. The van der Waals surface area contributed by atoms with Gasteiger partial charge < -0.3 is 5.32 Å². The van der Waals surface area contributed by atoms with E-state index in [1.807, 2.05) is 0 Å². The highest BCUT2D eigenvalue weighted by Gasteiger charge is 2.20. The third-order valence-corrected chi connectivity index (χ3v) is 3.98. The first kappa shape index (κ1) is 13.4. The molecule has 0 aliphatic heterocycles. The summed E-state index contributed by atoms with van der Waals surface area (Å²) in [5.41, 5.74) is 4.04. The van der Waals surface area contributed by atoms with Crippen molar-refractivity contribution in [2.24, 2.45) is 5.92 Å². The fraction of sp³-hybridized carbons (Fsp3) is 0.368. The molecule has 0 aromatic heterocycles. The maximum absolute atomic E-state index is 3.61. The van der Waals surface area contributed by atoms with Gasteiger partial charge in [0.1, 0.15) is 0 Å². The summed E-state index contributed by atoms with van der Waals surface area (Å²) < 4.78 is 0. The Hall–Kier alpha value is -1.60. The van der Waals surface area contributed by atoms with E-state index in [9.17, 15) is 0 Å². The van der Waals surface area contributed by atoms with Crippen molar-refractivity contribution in [1.29, 1.82) is 0 Å². The molecule has 0 amide bonds. The van der Waals surface area contributed by atoms with Gasteiger partial charge in [-0.3, -0.25) is 0 Å². The zero-order valence-corrected chi connectivity index (χ0v) is 12.2. The minimum absolute atomic E-state index is 0.707. The van der Waals surface area contributed by atoms with E-state index in [1.54, 1.807) is 0 Å². The lowest BCUT2D eigenvalue weighted by Crippen LogP contribution is -2.24. The maximum atomic E-state index is 3.61. The van der Waals surface area contributed by atoms with Crippen LogP contribution < -0.4 is 5.32 Å². The van der Waals surface area contributed by atoms with Crippen LogP contribution in [0.3, 0.4) is 0 Å². The third kappa shape index (κ3) is 3.71. The average Bonchev–Trinajstić information content (AvgIpc) is 3.31. The molecule has 0 bridgehead atoms. The highest BCUT2D eigenvalue weighted by atomic mass is 14.9. The van der Waals surface area contributed by atoms with Gasteiger partial charge in [-0.05, 0) is 48.4 Å². The van der Waals surface area contributed by atoms with Crippen molar-refractivity contribution in [1.82, 2.24) is 5.32 Å². The van der Waals surface area contributed by atoms with Crippen molar-refractivity contribution in [2.45, 2.75) is 32.2 Å². The first-order valence-corrected chi connectivity index (χ1v) is 7.69. The molecule has 0 heterocycles. The van der Waals surface area contributed by atoms with E-state index in [2.05, 4.69) is 66.8 Å². The van der Waals surface area contributed by atoms with Crippen LogP contribution in [0.25, 0.3) is 11.1 Å². The van der Waals surface area contributed by atoms with Crippen LogP contribution in [0, 0.1) is 5.92 Å². The van der Waals surface area contributed by atoms with E-state index in [-0.39, 0.29) is 0 Å². The molecule has 1 atom stereocenters. The van der Waals surface area contributed by atoms with E-state index in [0.717, 1.165) is 19.0 Å². The molecule has 1 fully saturated rings. The molecular weight excluding hydrogens is 242 g/mol. The monoisotopic (exact) mass is 265 g/mol. The van der Waals surface area contributed by atoms with E-state index in [0.29, 0.717) is 5.92 Å². The van der Waals surface area contributed by atoms with Gasteiger partial charge in [0.15, 0.2) is 0 Å². The van der Waals surface area contributed by atoms with Crippen molar-refractivity contribution >= 4 is 0 Å². The first-order valence-electron chi connectivity index (χ1n) is 7.69. The van der Waals surface area contributed by atoms with Crippen molar-refractivity contribution in [3.63, 3.8) is 0 Å². The Morgan fingerprint density at radius 2 is 1.60 bits per heavy atom. The normalized spacial score (nSPS) is 16.1. The van der Waals surface area contributed by atoms with Crippen molar-refractivity contribution < 1.29 is 0 Å². The lowest BCUT2D eigenvalue weighted by Gasteiger charge is -2.12. The van der Waals surface area contributed by atoms with Crippen LogP contribution >= 0.6 is 0 Å². The molecule has 1 saturated carbocycles. The second-order valence-corrected chi connectivity index (χ2v) is 6.05. The third-order valence-electron chi connectivity index (χ3n) is 3.98. The first-order chi connectivity index (χ1) is 9.81. The maximum Gasteiger partial charge on any atom is 0.00683 e. The average molecular weight is 265 g/mol. The van der Waals surface area contributed by atoms with Crippen LogP contribution in [0.5, 0.6) is 0 Å². The molecular formula is C19H23N. The molecule has 1 aliphatic rings. The molecule has 0 spiro atoms. The number of benzene rings is 2. The van der Waals surface area contributed by atoms with E-state index in [4.69, 9.17) is 0 Å². The van der Waals surface area contributed by atoms with Gasteiger partial charge >= 0.3 is 0 Å².